The van der Waals surface area contributed by atoms with Crippen LogP contribution in [-0.4, -0.2) is 11.9 Å². The second-order valence-electron chi connectivity index (χ2n) is 5.51. The second kappa shape index (κ2) is 6.88. The third kappa shape index (κ3) is 4.87. The summed E-state index contributed by atoms with van der Waals surface area (Å²) in [5.41, 5.74) is 0.783. The van der Waals surface area contributed by atoms with Gasteiger partial charge < -0.3 is 5.32 Å². The Hall–Kier alpha value is -0.120. The molecule has 0 saturated carbocycles. The molecule has 4 heteroatoms. The maximum atomic E-state index is 13.6. The van der Waals surface area contributed by atoms with Crippen LogP contribution in [0.2, 0.25) is 0 Å². The molecule has 0 fully saturated rings. The number of rotatable bonds is 5. The van der Waals surface area contributed by atoms with Crippen LogP contribution in [0.15, 0.2) is 22.7 Å². The van der Waals surface area contributed by atoms with E-state index in [1.54, 1.807) is 6.07 Å². The molecule has 0 heterocycles. The molecule has 0 bridgehead atoms. The maximum absolute atomic E-state index is 13.6. The van der Waals surface area contributed by atoms with E-state index in [1.807, 2.05) is 6.07 Å². The van der Waals surface area contributed by atoms with Crippen LogP contribution in [0.4, 0.5) is 4.39 Å². The zero-order valence-electron chi connectivity index (χ0n) is 11.1. The fourth-order valence-electron chi connectivity index (χ4n) is 1.86. The Labute approximate surface area is 122 Å². The Kier molecular flexibility index (Phi) is 6.09. The van der Waals surface area contributed by atoms with Gasteiger partial charge in [-0.25, -0.2) is 4.39 Å². The molecular weight excluding hydrogens is 317 g/mol. The van der Waals surface area contributed by atoms with Gasteiger partial charge in [-0.1, -0.05) is 36.7 Å². The van der Waals surface area contributed by atoms with Gasteiger partial charge in [0.2, 0.25) is 0 Å². The van der Waals surface area contributed by atoms with Crippen LogP contribution < -0.4 is 5.32 Å². The van der Waals surface area contributed by atoms with Crippen molar-refractivity contribution in [1.29, 1.82) is 0 Å². The number of hydrogen-bond acceptors (Lipinski definition) is 1. The molecule has 18 heavy (non-hydrogen) atoms. The van der Waals surface area contributed by atoms with Gasteiger partial charge in [0.15, 0.2) is 0 Å². The van der Waals surface area contributed by atoms with E-state index in [4.69, 9.17) is 11.6 Å². The monoisotopic (exact) mass is 335 g/mol. The van der Waals surface area contributed by atoms with Crippen molar-refractivity contribution in [1.82, 2.24) is 5.32 Å². The van der Waals surface area contributed by atoms with Crippen LogP contribution in [0.25, 0.3) is 0 Å². The topological polar surface area (TPSA) is 12.0 Å². The van der Waals surface area contributed by atoms with Gasteiger partial charge in [0.25, 0.3) is 0 Å². The van der Waals surface area contributed by atoms with Crippen molar-refractivity contribution in [3.05, 3.63) is 34.1 Å². The quantitative estimate of drug-likeness (QED) is 0.767. The molecule has 1 nitrogen and oxygen atoms in total. The first kappa shape index (κ1) is 15.9. The molecule has 0 aliphatic rings. The minimum Gasteiger partial charge on any atom is -0.309 e. The van der Waals surface area contributed by atoms with Crippen molar-refractivity contribution in [3.63, 3.8) is 0 Å². The van der Waals surface area contributed by atoms with Gasteiger partial charge in [0.1, 0.15) is 5.82 Å². The minimum atomic E-state index is -0.177. The van der Waals surface area contributed by atoms with Crippen LogP contribution in [0.1, 0.15) is 32.8 Å². The smallest absolute Gasteiger partial charge is 0.127 e. The largest absolute Gasteiger partial charge is 0.309 e. The van der Waals surface area contributed by atoms with Gasteiger partial charge in [-0.05, 0) is 30.0 Å². The maximum Gasteiger partial charge on any atom is 0.127 e. The lowest BCUT2D eigenvalue weighted by atomic mass is 9.85. The molecule has 102 valence electrons. The van der Waals surface area contributed by atoms with E-state index in [9.17, 15) is 4.39 Å². The van der Waals surface area contributed by atoms with E-state index in [-0.39, 0.29) is 17.3 Å². The van der Waals surface area contributed by atoms with Crippen molar-refractivity contribution >= 4 is 27.5 Å². The average molecular weight is 337 g/mol. The Morgan fingerprint density at radius 2 is 2.06 bits per heavy atom. The lowest BCUT2D eigenvalue weighted by Crippen LogP contribution is -2.40. The summed E-state index contributed by atoms with van der Waals surface area (Å²) in [6.07, 6.45) is 0.876. The normalized spacial score (nSPS) is 13.7. The van der Waals surface area contributed by atoms with Crippen molar-refractivity contribution in [2.45, 2.75) is 39.8 Å². The van der Waals surface area contributed by atoms with E-state index < -0.39 is 0 Å². The molecule has 0 aliphatic heterocycles. The summed E-state index contributed by atoms with van der Waals surface area (Å²) in [7, 11) is 0. The van der Waals surface area contributed by atoms with Gasteiger partial charge in [0.05, 0.1) is 0 Å². The fourth-order valence-corrected chi connectivity index (χ4v) is 2.49. The highest BCUT2D eigenvalue weighted by Crippen LogP contribution is 2.23. The summed E-state index contributed by atoms with van der Waals surface area (Å²) < 4.78 is 14.5. The molecule has 0 amide bonds. The molecule has 0 aromatic heterocycles. The molecule has 1 unspecified atom stereocenters. The van der Waals surface area contributed by atoms with Crippen molar-refractivity contribution in [2.75, 3.05) is 5.88 Å². The molecule has 1 aromatic carbocycles. The Morgan fingerprint density at radius 3 is 2.61 bits per heavy atom. The van der Waals surface area contributed by atoms with Crippen LogP contribution in [0.3, 0.4) is 0 Å². The lowest BCUT2D eigenvalue weighted by Gasteiger charge is -2.31. The molecule has 1 N–H and O–H groups in total. The zero-order chi connectivity index (χ0) is 13.8. The number of alkyl halides is 1. The summed E-state index contributed by atoms with van der Waals surface area (Å²) >= 11 is 9.18. The second-order valence-corrected chi connectivity index (χ2v) is 6.81. The van der Waals surface area contributed by atoms with E-state index in [0.29, 0.717) is 18.0 Å². The molecule has 1 rings (SSSR count). The van der Waals surface area contributed by atoms with Gasteiger partial charge in [-0.3, -0.25) is 0 Å². The van der Waals surface area contributed by atoms with Crippen molar-refractivity contribution < 1.29 is 4.39 Å². The third-order valence-electron chi connectivity index (χ3n) is 2.99. The first-order chi connectivity index (χ1) is 8.34. The first-order valence-electron chi connectivity index (χ1n) is 6.08. The Balaban J connectivity index is 2.70. The highest BCUT2D eigenvalue weighted by atomic mass is 79.9. The minimum absolute atomic E-state index is 0.109. The van der Waals surface area contributed by atoms with Gasteiger partial charge >= 0.3 is 0 Å². The first-order valence-corrected chi connectivity index (χ1v) is 7.40. The highest BCUT2D eigenvalue weighted by Gasteiger charge is 2.23. The standard InChI is InChI=1S/C14H20BrClFN/c1-14(2,3)13(6-7-16)18-9-10-8-11(15)4-5-12(10)17/h4-5,8,13,18H,6-7,9H2,1-3H3. The molecule has 0 aliphatic carbocycles. The molecule has 1 atom stereocenters. The van der Waals surface area contributed by atoms with E-state index in [0.717, 1.165) is 10.9 Å². The molecule has 0 spiro atoms. The predicted octanol–water partition coefficient (Wildman–Crippen LogP) is 4.72. The average Bonchev–Trinajstić information content (AvgIpc) is 2.27. The van der Waals surface area contributed by atoms with Gasteiger partial charge in [0, 0.05) is 28.5 Å². The van der Waals surface area contributed by atoms with Gasteiger partial charge in [-0.2, -0.15) is 0 Å². The van der Waals surface area contributed by atoms with Gasteiger partial charge in [-0.15, -0.1) is 11.6 Å². The number of hydrogen-bond donors (Lipinski definition) is 1. The molecule has 0 saturated heterocycles. The summed E-state index contributed by atoms with van der Waals surface area (Å²) in [5.74, 6) is 0.430. The van der Waals surface area contributed by atoms with Crippen molar-refractivity contribution in [2.24, 2.45) is 5.41 Å². The molecule has 0 radical (unpaired) electrons. The molecular formula is C14H20BrClFN. The summed E-state index contributed by atoms with van der Waals surface area (Å²) in [4.78, 5) is 0. The molecule has 1 aromatic rings. The Morgan fingerprint density at radius 1 is 1.39 bits per heavy atom. The zero-order valence-corrected chi connectivity index (χ0v) is 13.4. The lowest BCUT2D eigenvalue weighted by molar-refractivity contribution is 0.259. The van der Waals surface area contributed by atoms with Crippen molar-refractivity contribution in [3.8, 4) is 0 Å². The number of nitrogens with one attached hydrogen (secondary N) is 1. The predicted molar refractivity (Wildman–Crippen MR) is 79.5 cm³/mol. The summed E-state index contributed by atoms with van der Waals surface area (Å²) in [5, 5.41) is 3.40. The highest BCUT2D eigenvalue weighted by molar-refractivity contribution is 9.10. The van der Waals surface area contributed by atoms with E-state index in [1.165, 1.54) is 6.07 Å². The van der Waals surface area contributed by atoms with E-state index >= 15 is 0 Å². The summed E-state index contributed by atoms with van der Waals surface area (Å²) in [6.45, 7) is 7.00. The van der Waals surface area contributed by atoms with Crippen LogP contribution >= 0.6 is 27.5 Å². The number of benzene rings is 1. The Bertz CT molecular complexity index is 390. The SMILES string of the molecule is CC(C)(C)C(CCCl)NCc1cc(Br)ccc1F. The van der Waals surface area contributed by atoms with E-state index in [2.05, 4.69) is 42.0 Å². The number of halogens is 3. The van der Waals surface area contributed by atoms with Crippen LogP contribution in [-0.2, 0) is 6.54 Å². The summed E-state index contributed by atoms with van der Waals surface area (Å²) in [6, 6.07) is 5.27. The van der Waals surface area contributed by atoms with Crippen LogP contribution in [0.5, 0.6) is 0 Å². The van der Waals surface area contributed by atoms with Crippen LogP contribution in [0, 0.1) is 11.2 Å². The fraction of sp³-hybridized carbons (Fsp3) is 0.571. The third-order valence-corrected chi connectivity index (χ3v) is 3.70.